The van der Waals surface area contributed by atoms with E-state index in [1.54, 1.807) is 21.0 Å². The van der Waals surface area contributed by atoms with E-state index in [-0.39, 0.29) is 22.8 Å². The second kappa shape index (κ2) is 10.9. The number of carbonyl (C=O) groups excluding carboxylic acids is 1. The van der Waals surface area contributed by atoms with E-state index in [1.165, 1.54) is 24.3 Å². The Labute approximate surface area is 189 Å². The van der Waals surface area contributed by atoms with Crippen LogP contribution in [0.15, 0.2) is 53.4 Å². The molecule has 0 aliphatic rings. The van der Waals surface area contributed by atoms with Gasteiger partial charge in [-0.05, 0) is 62.0 Å². The first-order valence-electron chi connectivity index (χ1n) is 9.91. The molecule has 0 aromatic heterocycles. The predicted octanol–water partition coefficient (Wildman–Crippen LogP) is 3.07. The molecule has 31 heavy (non-hydrogen) atoms. The highest BCUT2D eigenvalue weighted by Gasteiger charge is 2.29. The van der Waals surface area contributed by atoms with Gasteiger partial charge < -0.3 is 15.0 Å². The van der Waals surface area contributed by atoms with Crippen LogP contribution in [0.3, 0.4) is 0 Å². The van der Waals surface area contributed by atoms with E-state index >= 15 is 0 Å². The highest BCUT2D eigenvalue weighted by atomic mass is 35.5. The minimum atomic E-state index is -3.87. The van der Waals surface area contributed by atoms with Crippen LogP contribution < -0.4 is 14.8 Å². The standard InChI is InChI=1S/C22H30ClN3O4S/c1-15(2)21(25-31(28,29)19-12-8-17(23)9-13-19)22(27)24-14-20(26(3)4)16-6-10-18(30-5)11-7-16/h6-13,15,20-21,25H,14H2,1-5H3,(H,24,27)/t20-,21+/m1/s1. The number of halogens is 1. The van der Waals surface area contributed by atoms with Crippen molar-refractivity contribution < 1.29 is 17.9 Å². The smallest absolute Gasteiger partial charge is 0.241 e. The van der Waals surface area contributed by atoms with Crippen LogP contribution in [-0.4, -0.2) is 53.0 Å². The van der Waals surface area contributed by atoms with Crippen molar-refractivity contribution in [3.05, 3.63) is 59.1 Å². The van der Waals surface area contributed by atoms with Gasteiger partial charge in [0.05, 0.1) is 18.0 Å². The van der Waals surface area contributed by atoms with Gasteiger partial charge in [-0.1, -0.05) is 37.6 Å². The largest absolute Gasteiger partial charge is 0.497 e. The maximum absolute atomic E-state index is 12.9. The third-order valence-electron chi connectivity index (χ3n) is 4.95. The number of methoxy groups -OCH3 is 1. The van der Waals surface area contributed by atoms with Gasteiger partial charge in [-0.15, -0.1) is 0 Å². The minimum Gasteiger partial charge on any atom is -0.497 e. The molecule has 7 nitrogen and oxygen atoms in total. The Kier molecular flexibility index (Phi) is 8.88. The number of rotatable bonds is 10. The van der Waals surface area contributed by atoms with Gasteiger partial charge in [0.25, 0.3) is 0 Å². The quantitative estimate of drug-likeness (QED) is 0.560. The monoisotopic (exact) mass is 467 g/mol. The van der Waals surface area contributed by atoms with Crippen LogP contribution in [0.1, 0.15) is 25.5 Å². The van der Waals surface area contributed by atoms with Crippen molar-refractivity contribution in [2.45, 2.75) is 30.8 Å². The van der Waals surface area contributed by atoms with Crippen molar-refractivity contribution in [3.63, 3.8) is 0 Å². The van der Waals surface area contributed by atoms with Crippen molar-refractivity contribution in [2.75, 3.05) is 27.7 Å². The number of hydrogen-bond acceptors (Lipinski definition) is 5. The fraction of sp³-hybridized carbons (Fsp3) is 0.409. The first-order valence-corrected chi connectivity index (χ1v) is 11.8. The maximum atomic E-state index is 12.9. The molecule has 0 aliphatic heterocycles. The Morgan fingerprint density at radius 2 is 1.65 bits per heavy atom. The molecule has 0 unspecified atom stereocenters. The molecular formula is C22H30ClN3O4S. The molecule has 170 valence electrons. The lowest BCUT2D eigenvalue weighted by Crippen LogP contribution is -2.50. The number of hydrogen-bond donors (Lipinski definition) is 2. The van der Waals surface area contributed by atoms with E-state index in [2.05, 4.69) is 10.0 Å². The van der Waals surface area contributed by atoms with E-state index in [1.807, 2.05) is 43.3 Å². The molecule has 2 atom stereocenters. The molecule has 2 aromatic carbocycles. The topological polar surface area (TPSA) is 87.7 Å². The number of ether oxygens (including phenoxy) is 1. The lowest BCUT2D eigenvalue weighted by molar-refractivity contribution is -0.123. The van der Waals surface area contributed by atoms with Crippen LogP contribution in [-0.2, 0) is 14.8 Å². The van der Waals surface area contributed by atoms with Gasteiger partial charge in [-0.3, -0.25) is 4.79 Å². The highest BCUT2D eigenvalue weighted by Crippen LogP contribution is 2.21. The van der Waals surface area contributed by atoms with Crippen LogP contribution in [0.25, 0.3) is 0 Å². The molecule has 0 aliphatic carbocycles. The molecule has 0 bridgehead atoms. The van der Waals surface area contributed by atoms with Crippen LogP contribution in [0.5, 0.6) is 5.75 Å². The maximum Gasteiger partial charge on any atom is 0.241 e. The number of nitrogens with one attached hydrogen (secondary N) is 2. The SMILES string of the molecule is COc1ccc([C@@H](CNC(=O)[C@@H](NS(=O)(=O)c2ccc(Cl)cc2)C(C)C)N(C)C)cc1. The summed E-state index contributed by atoms with van der Waals surface area (Å²) in [5, 5.41) is 3.33. The normalized spacial score (nSPS) is 13.8. The predicted molar refractivity (Wildman–Crippen MR) is 123 cm³/mol. The Hall–Kier alpha value is -2.13. The second-order valence-electron chi connectivity index (χ2n) is 7.79. The number of benzene rings is 2. The Morgan fingerprint density at radius 3 is 2.13 bits per heavy atom. The van der Waals surface area contributed by atoms with E-state index in [4.69, 9.17) is 16.3 Å². The zero-order valence-corrected chi connectivity index (χ0v) is 20.0. The number of amides is 1. The Morgan fingerprint density at radius 1 is 1.06 bits per heavy atom. The van der Waals surface area contributed by atoms with Gasteiger partial charge in [0, 0.05) is 11.6 Å². The number of sulfonamides is 1. The summed E-state index contributed by atoms with van der Waals surface area (Å²) in [4.78, 5) is 15.0. The van der Waals surface area contributed by atoms with Crippen LogP contribution >= 0.6 is 11.6 Å². The second-order valence-corrected chi connectivity index (χ2v) is 9.95. The summed E-state index contributed by atoms with van der Waals surface area (Å²) in [5.74, 6) is 0.121. The van der Waals surface area contributed by atoms with E-state index in [0.717, 1.165) is 11.3 Å². The van der Waals surface area contributed by atoms with Crippen LogP contribution in [0.4, 0.5) is 0 Å². The molecule has 2 N–H and O–H groups in total. The number of carbonyl (C=O) groups is 1. The van der Waals surface area contributed by atoms with Crippen molar-refractivity contribution in [1.82, 2.24) is 14.9 Å². The number of likely N-dealkylation sites (N-methyl/N-ethyl adjacent to an activating group) is 1. The fourth-order valence-electron chi connectivity index (χ4n) is 3.07. The minimum absolute atomic E-state index is 0.0553. The molecule has 0 spiro atoms. The van der Waals surface area contributed by atoms with Crippen molar-refractivity contribution in [1.29, 1.82) is 0 Å². The van der Waals surface area contributed by atoms with Gasteiger partial charge in [-0.2, -0.15) is 4.72 Å². The van der Waals surface area contributed by atoms with E-state index < -0.39 is 16.1 Å². The molecule has 0 saturated carbocycles. The van der Waals surface area contributed by atoms with Crippen molar-refractivity contribution >= 4 is 27.5 Å². The third-order valence-corrected chi connectivity index (χ3v) is 6.66. The Balaban J connectivity index is 2.12. The summed E-state index contributed by atoms with van der Waals surface area (Å²) in [5.41, 5.74) is 1.01. The van der Waals surface area contributed by atoms with Crippen LogP contribution in [0, 0.1) is 5.92 Å². The molecular weight excluding hydrogens is 438 g/mol. The summed E-state index contributed by atoms with van der Waals surface area (Å²) in [6.45, 7) is 3.91. The lowest BCUT2D eigenvalue weighted by Gasteiger charge is -2.27. The molecule has 1 amide bonds. The highest BCUT2D eigenvalue weighted by molar-refractivity contribution is 7.89. The summed E-state index contributed by atoms with van der Waals surface area (Å²) < 4.78 is 33.2. The average molecular weight is 468 g/mol. The molecule has 9 heteroatoms. The molecule has 0 heterocycles. The summed E-state index contributed by atoms with van der Waals surface area (Å²) in [7, 11) is 1.57. The summed E-state index contributed by atoms with van der Waals surface area (Å²) in [6, 6.07) is 12.4. The summed E-state index contributed by atoms with van der Waals surface area (Å²) >= 11 is 5.84. The fourth-order valence-corrected chi connectivity index (χ4v) is 4.54. The van der Waals surface area contributed by atoms with Crippen molar-refractivity contribution in [2.24, 2.45) is 5.92 Å². The van der Waals surface area contributed by atoms with Gasteiger partial charge in [-0.25, -0.2) is 8.42 Å². The number of nitrogens with zero attached hydrogens (tertiary/aromatic N) is 1. The summed E-state index contributed by atoms with van der Waals surface area (Å²) in [6.07, 6.45) is 0. The van der Waals surface area contributed by atoms with E-state index in [0.29, 0.717) is 11.6 Å². The van der Waals surface area contributed by atoms with Gasteiger partial charge >= 0.3 is 0 Å². The Bertz CT molecular complexity index is 961. The van der Waals surface area contributed by atoms with E-state index in [9.17, 15) is 13.2 Å². The molecule has 0 saturated heterocycles. The van der Waals surface area contributed by atoms with Gasteiger partial charge in [0.2, 0.25) is 15.9 Å². The van der Waals surface area contributed by atoms with Gasteiger partial charge in [0.15, 0.2) is 0 Å². The zero-order valence-electron chi connectivity index (χ0n) is 18.4. The first-order chi connectivity index (χ1) is 14.5. The molecule has 0 fully saturated rings. The molecule has 0 radical (unpaired) electrons. The first kappa shape index (κ1) is 25.1. The molecule has 2 aromatic rings. The lowest BCUT2D eigenvalue weighted by atomic mass is 10.0. The van der Waals surface area contributed by atoms with Crippen LogP contribution in [0.2, 0.25) is 5.02 Å². The van der Waals surface area contributed by atoms with Gasteiger partial charge in [0.1, 0.15) is 11.8 Å². The molecule has 2 rings (SSSR count). The zero-order chi connectivity index (χ0) is 23.2. The average Bonchev–Trinajstić information content (AvgIpc) is 2.72. The third kappa shape index (κ3) is 6.93. The van der Waals surface area contributed by atoms with Crippen molar-refractivity contribution in [3.8, 4) is 5.75 Å².